The van der Waals surface area contributed by atoms with E-state index in [1.807, 2.05) is 0 Å². The van der Waals surface area contributed by atoms with Crippen LogP contribution in [0.15, 0.2) is 0 Å². The van der Waals surface area contributed by atoms with Gasteiger partial charge in [-0.25, -0.2) is 0 Å². The summed E-state index contributed by atoms with van der Waals surface area (Å²) < 4.78 is 0. The molecule has 13 heavy (non-hydrogen) atoms. The van der Waals surface area contributed by atoms with Crippen molar-refractivity contribution in [3.63, 3.8) is 0 Å². The van der Waals surface area contributed by atoms with Crippen LogP contribution in [0.3, 0.4) is 0 Å². The monoisotopic (exact) mass is 247 g/mol. The smallest absolute Gasteiger partial charge is 0.220 e. The first kappa shape index (κ1) is 11.0. The molecule has 1 aliphatic carbocycles. The molecule has 0 bridgehead atoms. The van der Waals surface area contributed by atoms with Gasteiger partial charge in [-0.2, -0.15) is 0 Å². The molecule has 3 heteroatoms. The van der Waals surface area contributed by atoms with Crippen LogP contribution < -0.4 is 5.32 Å². The molecule has 2 nitrogen and oxygen atoms in total. The minimum Gasteiger partial charge on any atom is -0.353 e. The van der Waals surface area contributed by atoms with Crippen LogP contribution in [-0.4, -0.2) is 17.3 Å². The molecule has 0 heterocycles. The maximum Gasteiger partial charge on any atom is 0.220 e. The molecular formula is C10H18BrNO. The van der Waals surface area contributed by atoms with Gasteiger partial charge in [0.1, 0.15) is 0 Å². The highest BCUT2D eigenvalue weighted by Gasteiger charge is 2.21. The van der Waals surface area contributed by atoms with Crippen molar-refractivity contribution in [2.75, 3.05) is 5.33 Å². The van der Waals surface area contributed by atoms with Gasteiger partial charge in [-0.05, 0) is 25.2 Å². The zero-order valence-electron chi connectivity index (χ0n) is 8.18. The standard InChI is InChI=1S/C10H18BrNO/c1-2-9(7-11)12-10(13)6-8-4-3-5-8/h8-9H,2-7H2,1H3,(H,12,13). The molecule has 76 valence electrons. The lowest BCUT2D eigenvalue weighted by atomic mass is 9.83. The molecule has 0 aromatic carbocycles. The maximum absolute atomic E-state index is 11.4. The van der Waals surface area contributed by atoms with Crippen molar-refractivity contribution in [2.24, 2.45) is 5.92 Å². The van der Waals surface area contributed by atoms with Gasteiger partial charge in [-0.1, -0.05) is 29.3 Å². The Kier molecular flexibility index (Phi) is 4.78. The van der Waals surface area contributed by atoms with Crippen LogP contribution in [0.4, 0.5) is 0 Å². The van der Waals surface area contributed by atoms with E-state index in [4.69, 9.17) is 0 Å². The summed E-state index contributed by atoms with van der Waals surface area (Å²) in [4.78, 5) is 11.4. The molecule has 0 aliphatic heterocycles. The minimum absolute atomic E-state index is 0.232. The molecular weight excluding hydrogens is 230 g/mol. The largest absolute Gasteiger partial charge is 0.353 e. The molecule has 1 rings (SSSR count). The Morgan fingerprint density at radius 3 is 2.69 bits per heavy atom. The highest BCUT2D eigenvalue weighted by molar-refractivity contribution is 9.09. The average Bonchev–Trinajstić information content (AvgIpc) is 2.07. The molecule has 0 aromatic heterocycles. The Hall–Kier alpha value is -0.0500. The fraction of sp³-hybridized carbons (Fsp3) is 0.900. The topological polar surface area (TPSA) is 29.1 Å². The van der Waals surface area contributed by atoms with Crippen molar-refractivity contribution >= 4 is 21.8 Å². The van der Waals surface area contributed by atoms with Crippen LogP contribution in [0.25, 0.3) is 0 Å². The van der Waals surface area contributed by atoms with Crippen LogP contribution in [0, 0.1) is 5.92 Å². The Balaban J connectivity index is 2.14. The number of hydrogen-bond acceptors (Lipinski definition) is 1. The van der Waals surface area contributed by atoms with Crippen LogP contribution in [0.2, 0.25) is 0 Å². The average molecular weight is 248 g/mol. The molecule has 1 saturated carbocycles. The fourth-order valence-electron chi connectivity index (χ4n) is 1.50. The van der Waals surface area contributed by atoms with E-state index in [0.29, 0.717) is 12.0 Å². The Morgan fingerprint density at radius 2 is 2.31 bits per heavy atom. The number of rotatable bonds is 5. The molecule has 1 N–H and O–H groups in total. The number of nitrogens with one attached hydrogen (secondary N) is 1. The van der Waals surface area contributed by atoms with Crippen LogP contribution in [-0.2, 0) is 4.79 Å². The molecule has 1 amide bonds. The first-order valence-electron chi connectivity index (χ1n) is 5.11. The van der Waals surface area contributed by atoms with E-state index in [1.54, 1.807) is 0 Å². The molecule has 1 unspecified atom stereocenters. The zero-order chi connectivity index (χ0) is 9.68. The Labute approximate surface area is 88.6 Å². The predicted octanol–water partition coefficient (Wildman–Crippen LogP) is 2.47. The van der Waals surface area contributed by atoms with Crippen molar-refractivity contribution in [2.45, 2.75) is 45.1 Å². The fourth-order valence-corrected chi connectivity index (χ4v) is 2.12. The third kappa shape index (κ3) is 3.67. The first-order valence-corrected chi connectivity index (χ1v) is 6.23. The number of halogens is 1. The van der Waals surface area contributed by atoms with Gasteiger partial charge in [0, 0.05) is 17.8 Å². The quantitative estimate of drug-likeness (QED) is 0.744. The van der Waals surface area contributed by atoms with E-state index in [-0.39, 0.29) is 5.91 Å². The number of hydrogen-bond donors (Lipinski definition) is 1. The summed E-state index contributed by atoms with van der Waals surface area (Å²) in [6.07, 6.45) is 5.55. The number of carbonyl (C=O) groups excluding carboxylic acids is 1. The lowest BCUT2D eigenvalue weighted by molar-refractivity contribution is -0.123. The second-order valence-corrected chi connectivity index (χ2v) is 4.48. The molecule has 0 radical (unpaired) electrons. The molecule has 0 aromatic rings. The summed E-state index contributed by atoms with van der Waals surface area (Å²) in [5, 5.41) is 3.89. The molecule has 0 saturated heterocycles. The predicted molar refractivity (Wildman–Crippen MR) is 58.0 cm³/mol. The van der Waals surface area contributed by atoms with Gasteiger partial charge in [0.15, 0.2) is 0 Å². The number of alkyl halides is 1. The van der Waals surface area contributed by atoms with Gasteiger partial charge in [-0.15, -0.1) is 0 Å². The van der Waals surface area contributed by atoms with Crippen molar-refractivity contribution < 1.29 is 4.79 Å². The van der Waals surface area contributed by atoms with E-state index in [0.717, 1.165) is 18.2 Å². The van der Waals surface area contributed by atoms with E-state index in [2.05, 4.69) is 28.2 Å². The molecule has 1 fully saturated rings. The van der Waals surface area contributed by atoms with Gasteiger partial charge < -0.3 is 5.32 Å². The van der Waals surface area contributed by atoms with Crippen molar-refractivity contribution in [1.29, 1.82) is 0 Å². The van der Waals surface area contributed by atoms with E-state index in [1.165, 1.54) is 19.3 Å². The summed E-state index contributed by atoms with van der Waals surface area (Å²) >= 11 is 3.39. The summed E-state index contributed by atoms with van der Waals surface area (Å²) in [6.45, 7) is 2.09. The normalized spacial score (nSPS) is 19.2. The van der Waals surface area contributed by atoms with Crippen molar-refractivity contribution in [3.05, 3.63) is 0 Å². The zero-order valence-corrected chi connectivity index (χ0v) is 9.77. The first-order chi connectivity index (χ1) is 6.26. The summed E-state index contributed by atoms with van der Waals surface area (Å²) in [5.41, 5.74) is 0. The Morgan fingerprint density at radius 1 is 1.62 bits per heavy atom. The lowest BCUT2D eigenvalue weighted by Crippen LogP contribution is -2.37. The number of amides is 1. The van der Waals surface area contributed by atoms with Gasteiger partial charge >= 0.3 is 0 Å². The highest BCUT2D eigenvalue weighted by atomic mass is 79.9. The number of carbonyl (C=O) groups is 1. The van der Waals surface area contributed by atoms with E-state index < -0.39 is 0 Å². The van der Waals surface area contributed by atoms with Gasteiger partial charge in [0.25, 0.3) is 0 Å². The molecule has 1 atom stereocenters. The summed E-state index contributed by atoms with van der Waals surface area (Å²) in [6, 6.07) is 0.313. The van der Waals surface area contributed by atoms with E-state index >= 15 is 0 Å². The minimum atomic E-state index is 0.232. The highest BCUT2D eigenvalue weighted by Crippen LogP contribution is 2.29. The molecule has 1 aliphatic rings. The molecule has 0 spiro atoms. The van der Waals surface area contributed by atoms with Crippen molar-refractivity contribution in [1.82, 2.24) is 5.32 Å². The van der Waals surface area contributed by atoms with Crippen LogP contribution in [0.1, 0.15) is 39.0 Å². The SMILES string of the molecule is CCC(CBr)NC(=O)CC1CCC1. The van der Waals surface area contributed by atoms with Crippen molar-refractivity contribution in [3.8, 4) is 0 Å². The van der Waals surface area contributed by atoms with Crippen LogP contribution >= 0.6 is 15.9 Å². The maximum atomic E-state index is 11.4. The third-order valence-electron chi connectivity index (χ3n) is 2.74. The van der Waals surface area contributed by atoms with Gasteiger partial charge in [0.05, 0.1) is 0 Å². The van der Waals surface area contributed by atoms with Gasteiger partial charge in [-0.3, -0.25) is 4.79 Å². The van der Waals surface area contributed by atoms with Crippen LogP contribution in [0.5, 0.6) is 0 Å². The van der Waals surface area contributed by atoms with E-state index in [9.17, 15) is 4.79 Å². The third-order valence-corrected chi connectivity index (χ3v) is 3.52. The summed E-state index contributed by atoms with van der Waals surface area (Å²) in [5.74, 6) is 0.906. The summed E-state index contributed by atoms with van der Waals surface area (Å²) in [7, 11) is 0. The second kappa shape index (κ2) is 5.63. The second-order valence-electron chi connectivity index (χ2n) is 3.83. The Bertz CT molecular complexity index is 164. The lowest BCUT2D eigenvalue weighted by Gasteiger charge is -2.25. The van der Waals surface area contributed by atoms with Gasteiger partial charge in [0.2, 0.25) is 5.91 Å².